The van der Waals surface area contributed by atoms with Gasteiger partial charge in [-0.3, -0.25) is 9.47 Å². The van der Waals surface area contributed by atoms with E-state index in [1.165, 1.54) is 18.2 Å². The van der Waals surface area contributed by atoms with Gasteiger partial charge in [-0.15, -0.1) is 0 Å². The Balaban J connectivity index is 1.37. The van der Waals surface area contributed by atoms with Gasteiger partial charge in [-0.05, 0) is 60.2 Å². The highest BCUT2D eigenvalue weighted by Gasteiger charge is 2.22. The summed E-state index contributed by atoms with van der Waals surface area (Å²) in [7, 11) is 2.13. The Morgan fingerprint density at radius 1 is 0.973 bits per heavy atom. The Bertz CT molecular complexity index is 1560. The van der Waals surface area contributed by atoms with Crippen LogP contribution in [0.15, 0.2) is 59.4 Å². The van der Waals surface area contributed by atoms with E-state index in [0.29, 0.717) is 29.0 Å². The molecule has 3 heterocycles. The van der Waals surface area contributed by atoms with Crippen molar-refractivity contribution >= 4 is 22.7 Å². The predicted octanol–water partition coefficient (Wildman–Crippen LogP) is 4.34. The molecule has 0 bridgehead atoms. The number of piperazine rings is 1. The smallest absolute Gasteiger partial charge is 0.326 e. The van der Waals surface area contributed by atoms with Crippen LogP contribution >= 0.6 is 0 Å². The van der Waals surface area contributed by atoms with Gasteiger partial charge in [-0.1, -0.05) is 18.2 Å². The minimum atomic E-state index is -0.415. The van der Waals surface area contributed by atoms with Crippen LogP contribution in [0.1, 0.15) is 22.3 Å². The van der Waals surface area contributed by atoms with Gasteiger partial charge in [0.15, 0.2) is 0 Å². The minimum absolute atomic E-state index is 0.0122. The second-order valence-corrected chi connectivity index (χ2v) is 9.76. The first-order valence-corrected chi connectivity index (χ1v) is 12.5. The molecule has 1 saturated heterocycles. The van der Waals surface area contributed by atoms with Gasteiger partial charge in [0.1, 0.15) is 24.0 Å². The summed E-state index contributed by atoms with van der Waals surface area (Å²) in [5.74, 6) is -0.415. The van der Waals surface area contributed by atoms with Crippen molar-refractivity contribution in [2.75, 3.05) is 39.8 Å². The third-order valence-corrected chi connectivity index (χ3v) is 7.36. The second kappa shape index (κ2) is 9.61. The number of rotatable bonds is 4. The van der Waals surface area contributed by atoms with Gasteiger partial charge in [0.25, 0.3) is 0 Å². The van der Waals surface area contributed by atoms with Gasteiger partial charge < -0.3 is 14.6 Å². The molecule has 3 aromatic carbocycles. The fraction of sp³-hybridized carbons (Fsp3) is 0.276. The highest BCUT2D eigenvalue weighted by Crippen LogP contribution is 2.39. The largest absolute Gasteiger partial charge is 0.488 e. The lowest BCUT2D eigenvalue weighted by Gasteiger charge is -2.32. The maximum absolute atomic E-state index is 14.7. The fourth-order valence-corrected chi connectivity index (χ4v) is 5.22. The first-order chi connectivity index (χ1) is 18.0. The molecule has 37 heavy (non-hydrogen) atoms. The van der Waals surface area contributed by atoms with E-state index in [9.17, 15) is 13.6 Å². The lowest BCUT2D eigenvalue weighted by molar-refractivity contribution is 0.150. The summed E-state index contributed by atoms with van der Waals surface area (Å²) in [5, 5.41) is 0. The van der Waals surface area contributed by atoms with Gasteiger partial charge in [-0.2, -0.15) is 0 Å². The first-order valence-electron chi connectivity index (χ1n) is 12.5. The van der Waals surface area contributed by atoms with E-state index in [-0.39, 0.29) is 18.1 Å². The number of benzene rings is 3. The third-order valence-electron chi connectivity index (χ3n) is 7.36. The molecule has 8 heteroatoms. The number of fused-ring (bicyclic) bond motifs is 3. The van der Waals surface area contributed by atoms with Crippen molar-refractivity contribution in [2.24, 2.45) is 0 Å². The van der Waals surface area contributed by atoms with Crippen molar-refractivity contribution in [3.8, 4) is 5.75 Å². The molecular weight excluding hydrogens is 474 g/mol. The Morgan fingerprint density at radius 2 is 1.81 bits per heavy atom. The van der Waals surface area contributed by atoms with Crippen LogP contribution in [0.3, 0.4) is 0 Å². The van der Waals surface area contributed by atoms with E-state index in [2.05, 4.69) is 21.8 Å². The quantitative estimate of drug-likeness (QED) is 0.451. The molecule has 0 atom stereocenters. The van der Waals surface area contributed by atoms with Crippen LogP contribution in [0.25, 0.3) is 22.7 Å². The molecule has 2 aliphatic heterocycles. The monoisotopic (exact) mass is 502 g/mol. The third kappa shape index (κ3) is 4.58. The number of nitrogens with one attached hydrogen (secondary N) is 1. The number of nitrogens with zero attached hydrogens (tertiary/aromatic N) is 3. The summed E-state index contributed by atoms with van der Waals surface area (Å²) >= 11 is 0. The minimum Gasteiger partial charge on any atom is -0.488 e. The van der Waals surface area contributed by atoms with Crippen LogP contribution in [0.2, 0.25) is 0 Å². The Labute approximate surface area is 213 Å². The van der Waals surface area contributed by atoms with Crippen LogP contribution in [0.5, 0.6) is 5.75 Å². The molecule has 6 nitrogen and oxygen atoms in total. The van der Waals surface area contributed by atoms with Crippen molar-refractivity contribution in [3.05, 3.63) is 99.0 Å². The molecule has 1 fully saturated rings. The molecular formula is C29H28F2N4O2. The van der Waals surface area contributed by atoms with Gasteiger partial charge in [0.2, 0.25) is 0 Å². The van der Waals surface area contributed by atoms with Gasteiger partial charge in [0, 0.05) is 56.5 Å². The molecule has 2 aliphatic rings. The van der Waals surface area contributed by atoms with Crippen molar-refractivity contribution in [2.45, 2.75) is 13.2 Å². The van der Waals surface area contributed by atoms with Gasteiger partial charge >= 0.3 is 5.69 Å². The average Bonchev–Trinajstić information content (AvgIpc) is 3.11. The Kier molecular flexibility index (Phi) is 6.14. The number of aromatic nitrogens is 2. The lowest BCUT2D eigenvalue weighted by atomic mass is 9.92. The maximum atomic E-state index is 14.7. The van der Waals surface area contributed by atoms with Crippen molar-refractivity contribution in [1.29, 1.82) is 0 Å². The lowest BCUT2D eigenvalue weighted by Crippen LogP contribution is -2.45. The highest BCUT2D eigenvalue weighted by atomic mass is 19.1. The number of halogens is 2. The molecule has 0 spiro atoms. The number of likely N-dealkylation sites (N-methyl/N-ethyl adjacent to an activating group) is 1. The number of hydrogen-bond acceptors (Lipinski definition) is 4. The van der Waals surface area contributed by atoms with Gasteiger partial charge in [-0.25, -0.2) is 13.6 Å². The standard InChI is InChI=1S/C29H28F2N4O2/c1-33-9-11-34(12-10-33)13-14-35-27-8-5-19(16-26(27)32-29(35)36)15-23-21-3-2-4-25(31)24(21)18-37-28-17-20(30)6-7-22(23)28/h2-8,15-17H,9-14,18H2,1H3,(H,32,36)/b23-15+. The summed E-state index contributed by atoms with van der Waals surface area (Å²) in [6, 6.07) is 15.1. The van der Waals surface area contributed by atoms with Crippen molar-refractivity contribution < 1.29 is 13.5 Å². The number of aromatic amines is 1. The summed E-state index contributed by atoms with van der Waals surface area (Å²) < 4.78 is 36.3. The van der Waals surface area contributed by atoms with E-state index in [1.807, 2.05) is 30.3 Å². The summed E-state index contributed by atoms with van der Waals surface area (Å²) in [6.07, 6.45) is 1.93. The summed E-state index contributed by atoms with van der Waals surface area (Å²) in [4.78, 5) is 20.5. The SMILES string of the molecule is CN1CCN(CCn2c(=O)[nH]c3cc(/C=C4/c5ccc(F)cc5OCc5c(F)cccc54)ccc32)CC1. The van der Waals surface area contributed by atoms with E-state index in [0.717, 1.165) is 54.9 Å². The number of hydrogen-bond donors (Lipinski definition) is 1. The maximum Gasteiger partial charge on any atom is 0.326 e. The van der Waals surface area contributed by atoms with E-state index < -0.39 is 5.82 Å². The van der Waals surface area contributed by atoms with E-state index >= 15 is 0 Å². The topological polar surface area (TPSA) is 53.5 Å². The molecule has 1 aromatic heterocycles. The summed E-state index contributed by atoms with van der Waals surface area (Å²) in [5.41, 5.74) is 4.83. The Hall–Kier alpha value is -3.75. The number of ether oxygens (including phenoxy) is 1. The van der Waals surface area contributed by atoms with Crippen LogP contribution in [-0.4, -0.2) is 59.1 Å². The molecule has 0 unspecified atom stereocenters. The molecule has 0 radical (unpaired) electrons. The van der Waals surface area contributed by atoms with Crippen LogP contribution < -0.4 is 10.4 Å². The van der Waals surface area contributed by atoms with Crippen LogP contribution in [0, 0.1) is 11.6 Å². The molecule has 1 N–H and O–H groups in total. The van der Waals surface area contributed by atoms with Crippen molar-refractivity contribution in [1.82, 2.24) is 19.4 Å². The van der Waals surface area contributed by atoms with E-state index in [1.54, 1.807) is 16.7 Å². The zero-order valence-electron chi connectivity index (χ0n) is 20.6. The normalized spacial score (nSPS) is 17.4. The number of H-pyrrole nitrogens is 1. The average molecular weight is 503 g/mol. The molecule has 6 rings (SSSR count). The fourth-order valence-electron chi connectivity index (χ4n) is 5.22. The highest BCUT2D eigenvalue weighted by molar-refractivity contribution is 5.95. The predicted molar refractivity (Wildman–Crippen MR) is 141 cm³/mol. The first kappa shape index (κ1) is 23.6. The zero-order valence-corrected chi connectivity index (χ0v) is 20.6. The van der Waals surface area contributed by atoms with E-state index in [4.69, 9.17) is 4.74 Å². The number of imidazole rings is 1. The van der Waals surface area contributed by atoms with Crippen LogP contribution in [-0.2, 0) is 13.2 Å². The molecule has 0 aliphatic carbocycles. The van der Waals surface area contributed by atoms with Crippen molar-refractivity contribution in [3.63, 3.8) is 0 Å². The van der Waals surface area contributed by atoms with Gasteiger partial charge in [0.05, 0.1) is 11.0 Å². The second-order valence-electron chi connectivity index (χ2n) is 9.76. The molecule has 0 amide bonds. The summed E-state index contributed by atoms with van der Waals surface area (Å²) in [6.45, 7) is 5.53. The zero-order chi connectivity index (χ0) is 25.5. The molecule has 4 aromatic rings. The molecule has 190 valence electrons. The van der Waals surface area contributed by atoms with Crippen LogP contribution in [0.4, 0.5) is 8.78 Å². The molecule has 0 saturated carbocycles. The Morgan fingerprint density at radius 3 is 2.65 bits per heavy atom.